The first kappa shape index (κ1) is 19.9. The third-order valence-electron chi connectivity index (χ3n) is 2.38. The number of alkyl halides is 3. The normalized spacial score (nSPS) is 11.6. The molecule has 1 heterocycles. The Morgan fingerprint density at radius 1 is 1.25 bits per heavy atom. The summed E-state index contributed by atoms with van der Waals surface area (Å²) in [5.41, 5.74) is -2.08. The van der Waals surface area contributed by atoms with Gasteiger partial charge in [-0.25, -0.2) is 14.2 Å². The summed E-state index contributed by atoms with van der Waals surface area (Å²) in [5.74, 6) is -1.10. The molecule has 1 aromatic heterocycles. The number of nitrogens with one attached hydrogen (secondary N) is 1. The van der Waals surface area contributed by atoms with E-state index >= 15 is 0 Å². The Morgan fingerprint density at radius 2 is 1.83 bits per heavy atom. The average Bonchev–Trinajstić information content (AvgIpc) is 2.80. The number of thiazole rings is 1. The van der Waals surface area contributed by atoms with Crippen molar-refractivity contribution in [3.05, 3.63) is 36.7 Å². The lowest BCUT2D eigenvalue weighted by atomic mass is 10.2. The molecule has 0 saturated carbocycles. The standard InChI is InChI=1S/C13H12F4N2O2S.C2H4/c1-12(2,3)21-11(20)19-10-18-9-7(14)4-6(13(15,16)17)5-8(9)22-10;1-2/h4-5H,1-3H3,(H,18,19,20);1-2H2. The maximum absolute atomic E-state index is 13.7. The van der Waals surface area contributed by atoms with Crippen LogP contribution in [0.3, 0.4) is 0 Å². The maximum Gasteiger partial charge on any atom is 0.416 e. The Balaban J connectivity index is 0.00000139. The van der Waals surface area contributed by atoms with E-state index in [1.54, 1.807) is 20.8 Å². The Kier molecular flexibility index (Phi) is 5.94. The van der Waals surface area contributed by atoms with Gasteiger partial charge in [0, 0.05) is 0 Å². The smallest absolute Gasteiger partial charge is 0.416 e. The predicted octanol–water partition coefficient (Wildman–Crippen LogP) is 5.60. The third kappa shape index (κ3) is 5.19. The van der Waals surface area contributed by atoms with Crippen molar-refractivity contribution >= 4 is 32.8 Å². The molecule has 0 bridgehead atoms. The number of hydrogen-bond donors (Lipinski definition) is 1. The van der Waals surface area contributed by atoms with Gasteiger partial charge in [-0.15, -0.1) is 13.2 Å². The number of aromatic nitrogens is 1. The molecule has 1 aromatic carbocycles. The minimum Gasteiger partial charge on any atom is -0.444 e. The van der Waals surface area contributed by atoms with E-state index in [0.29, 0.717) is 6.07 Å². The number of carbonyl (C=O) groups excluding carboxylic acids is 1. The van der Waals surface area contributed by atoms with Crippen LogP contribution in [0.4, 0.5) is 27.5 Å². The second kappa shape index (κ2) is 7.16. The van der Waals surface area contributed by atoms with Crippen LogP contribution in [-0.2, 0) is 10.9 Å². The average molecular weight is 364 g/mol. The largest absolute Gasteiger partial charge is 0.444 e. The Morgan fingerprint density at radius 3 is 2.33 bits per heavy atom. The molecule has 0 aliphatic heterocycles. The van der Waals surface area contributed by atoms with Gasteiger partial charge in [0.2, 0.25) is 0 Å². The monoisotopic (exact) mass is 364 g/mol. The number of benzene rings is 1. The second-order valence-electron chi connectivity index (χ2n) is 5.45. The van der Waals surface area contributed by atoms with Crippen molar-refractivity contribution in [1.82, 2.24) is 4.98 Å². The summed E-state index contributed by atoms with van der Waals surface area (Å²) < 4.78 is 56.6. The van der Waals surface area contributed by atoms with Gasteiger partial charge in [0.1, 0.15) is 11.1 Å². The van der Waals surface area contributed by atoms with E-state index in [-0.39, 0.29) is 15.3 Å². The molecule has 9 heteroatoms. The highest BCUT2D eigenvalue weighted by atomic mass is 32.1. The van der Waals surface area contributed by atoms with E-state index in [4.69, 9.17) is 4.74 Å². The number of ether oxygens (including phenoxy) is 1. The van der Waals surface area contributed by atoms with Gasteiger partial charge >= 0.3 is 12.3 Å². The van der Waals surface area contributed by atoms with Crippen LogP contribution in [0.5, 0.6) is 0 Å². The van der Waals surface area contributed by atoms with E-state index < -0.39 is 29.3 Å². The van der Waals surface area contributed by atoms with E-state index in [0.717, 1.165) is 17.4 Å². The van der Waals surface area contributed by atoms with Gasteiger partial charge in [-0.1, -0.05) is 11.3 Å². The van der Waals surface area contributed by atoms with Crippen molar-refractivity contribution in [1.29, 1.82) is 0 Å². The van der Waals surface area contributed by atoms with Crippen LogP contribution >= 0.6 is 11.3 Å². The third-order valence-corrected chi connectivity index (χ3v) is 3.30. The fraction of sp³-hybridized carbons (Fsp3) is 0.333. The zero-order chi connectivity index (χ0) is 18.7. The predicted molar refractivity (Wildman–Crippen MR) is 85.7 cm³/mol. The summed E-state index contributed by atoms with van der Waals surface area (Å²) in [6.45, 7) is 11.0. The first-order valence-corrected chi connectivity index (χ1v) is 7.44. The lowest BCUT2D eigenvalue weighted by molar-refractivity contribution is -0.137. The summed E-state index contributed by atoms with van der Waals surface area (Å²) in [6, 6.07) is 1.16. The topological polar surface area (TPSA) is 51.2 Å². The molecule has 132 valence electrons. The fourth-order valence-corrected chi connectivity index (χ4v) is 2.50. The van der Waals surface area contributed by atoms with Gasteiger partial charge in [0.05, 0.1) is 10.3 Å². The molecule has 4 nitrogen and oxygen atoms in total. The van der Waals surface area contributed by atoms with Crippen molar-refractivity contribution in [2.45, 2.75) is 32.5 Å². The van der Waals surface area contributed by atoms with Crippen molar-refractivity contribution in [2.75, 3.05) is 5.32 Å². The molecule has 0 aliphatic carbocycles. The summed E-state index contributed by atoms with van der Waals surface area (Å²) >= 11 is 0.733. The van der Waals surface area contributed by atoms with Gasteiger partial charge in [-0.05, 0) is 32.9 Å². The molecule has 0 radical (unpaired) electrons. The van der Waals surface area contributed by atoms with Gasteiger partial charge in [0.15, 0.2) is 10.9 Å². The van der Waals surface area contributed by atoms with E-state index in [9.17, 15) is 22.4 Å². The summed E-state index contributed by atoms with van der Waals surface area (Å²) in [5, 5.41) is 2.23. The van der Waals surface area contributed by atoms with E-state index in [1.807, 2.05) is 0 Å². The van der Waals surface area contributed by atoms with Crippen LogP contribution in [0, 0.1) is 5.82 Å². The lowest BCUT2D eigenvalue weighted by Crippen LogP contribution is -2.27. The van der Waals surface area contributed by atoms with Crippen molar-refractivity contribution in [3.63, 3.8) is 0 Å². The molecule has 0 unspecified atom stereocenters. The van der Waals surface area contributed by atoms with Crippen molar-refractivity contribution in [3.8, 4) is 0 Å². The second-order valence-corrected chi connectivity index (χ2v) is 6.48. The zero-order valence-electron chi connectivity index (χ0n) is 13.3. The summed E-state index contributed by atoms with van der Waals surface area (Å²) in [6.07, 6.45) is -5.47. The number of amides is 1. The highest BCUT2D eigenvalue weighted by molar-refractivity contribution is 7.22. The van der Waals surface area contributed by atoms with Gasteiger partial charge < -0.3 is 4.74 Å². The maximum atomic E-state index is 13.7. The highest BCUT2D eigenvalue weighted by Gasteiger charge is 2.32. The van der Waals surface area contributed by atoms with Crippen LogP contribution in [0.15, 0.2) is 25.3 Å². The minimum atomic E-state index is -4.65. The number of fused-ring (bicyclic) bond motifs is 1. The Hall–Kier alpha value is -2.16. The number of rotatable bonds is 1. The lowest BCUT2D eigenvalue weighted by Gasteiger charge is -2.18. The number of nitrogens with zero attached hydrogens (tertiary/aromatic N) is 1. The summed E-state index contributed by atoms with van der Waals surface area (Å²) in [4.78, 5) is 15.3. The zero-order valence-corrected chi connectivity index (χ0v) is 14.1. The molecule has 1 N–H and O–H groups in total. The molecule has 0 spiro atoms. The van der Waals surface area contributed by atoms with Crippen molar-refractivity contribution in [2.24, 2.45) is 0 Å². The van der Waals surface area contributed by atoms with Crippen LogP contribution in [0.2, 0.25) is 0 Å². The minimum absolute atomic E-state index is 0.0154. The SMILES string of the molecule is C=C.CC(C)(C)OC(=O)Nc1nc2c(F)cc(C(F)(F)F)cc2s1. The first-order valence-electron chi connectivity index (χ1n) is 6.63. The van der Waals surface area contributed by atoms with E-state index in [2.05, 4.69) is 23.5 Å². The number of halogens is 4. The number of anilines is 1. The van der Waals surface area contributed by atoms with Gasteiger partial charge in [-0.3, -0.25) is 5.32 Å². The fourth-order valence-electron chi connectivity index (χ4n) is 1.60. The van der Waals surface area contributed by atoms with Crippen molar-refractivity contribution < 1.29 is 27.1 Å². The summed E-state index contributed by atoms with van der Waals surface area (Å²) in [7, 11) is 0. The molecular weight excluding hydrogens is 348 g/mol. The van der Waals surface area contributed by atoms with Crippen LogP contribution in [0.25, 0.3) is 10.2 Å². The molecule has 0 atom stereocenters. The quantitative estimate of drug-likeness (QED) is 0.529. The number of carbonyl (C=O) groups is 1. The van der Waals surface area contributed by atoms with Gasteiger partial charge in [-0.2, -0.15) is 13.2 Å². The molecule has 24 heavy (non-hydrogen) atoms. The molecule has 0 aliphatic rings. The Bertz CT molecular complexity index is 735. The first-order chi connectivity index (χ1) is 11.0. The molecule has 2 aromatic rings. The molecule has 0 fully saturated rings. The van der Waals surface area contributed by atoms with Crippen LogP contribution in [-0.4, -0.2) is 16.7 Å². The Labute approximate surface area is 140 Å². The molecule has 0 saturated heterocycles. The molecule has 2 rings (SSSR count). The van der Waals surface area contributed by atoms with E-state index in [1.165, 1.54) is 0 Å². The van der Waals surface area contributed by atoms with Crippen LogP contribution in [0.1, 0.15) is 26.3 Å². The number of hydrogen-bond acceptors (Lipinski definition) is 4. The van der Waals surface area contributed by atoms with Gasteiger partial charge in [0.25, 0.3) is 0 Å². The van der Waals surface area contributed by atoms with Crippen LogP contribution < -0.4 is 5.32 Å². The molecular formula is C15H16F4N2O2S. The molecule has 1 amide bonds. The highest BCUT2D eigenvalue weighted by Crippen LogP contribution is 2.35.